The third kappa shape index (κ3) is 3.17. The molecule has 0 aliphatic heterocycles. The van der Waals surface area contributed by atoms with Crippen molar-refractivity contribution in [2.45, 2.75) is 119 Å². The average molecular weight is 499 g/mol. The minimum atomic E-state index is -1.04. The number of ether oxygens (including phenoxy) is 1. The van der Waals surface area contributed by atoms with Gasteiger partial charge in [0.25, 0.3) is 0 Å². The van der Waals surface area contributed by atoms with E-state index in [1.807, 2.05) is 6.92 Å². The Morgan fingerprint density at radius 1 is 0.917 bits per heavy atom. The highest BCUT2D eigenvalue weighted by Crippen LogP contribution is 2.75. The lowest BCUT2D eigenvalue weighted by Crippen LogP contribution is -2.66. The molecule has 0 spiro atoms. The predicted molar refractivity (Wildman–Crippen MR) is 142 cm³/mol. The van der Waals surface area contributed by atoms with E-state index in [9.17, 15) is 14.7 Å². The number of esters is 1. The van der Waals surface area contributed by atoms with E-state index in [0.717, 1.165) is 37.5 Å². The fourth-order valence-electron chi connectivity index (χ4n) is 11.2. The van der Waals surface area contributed by atoms with Gasteiger partial charge in [0.1, 0.15) is 11.5 Å². The second kappa shape index (κ2) is 8.09. The van der Waals surface area contributed by atoms with E-state index < -0.39 is 17.5 Å². The van der Waals surface area contributed by atoms with Gasteiger partial charge in [-0.2, -0.15) is 0 Å². The molecule has 5 aliphatic rings. The Bertz CT molecular complexity index is 985. The molecular formula is C32H50O4. The molecule has 0 amide bonds. The largest absolute Gasteiger partial charge is 0.481 e. The second-order valence-electron chi connectivity index (χ2n) is 15.0. The highest BCUT2D eigenvalue weighted by Gasteiger charge is 2.70. The van der Waals surface area contributed by atoms with Crippen molar-refractivity contribution in [1.29, 1.82) is 0 Å². The zero-order valence-electron chi connectivity index (χ0n) is 24.1. The summed E-state index contributed by atoms with van der Waals surface area (Å²) in [5, 5.41) is 10.5. The summed E-state index contributed by atoms with van der Waals surface area (Å²) in [5.74, 6) is 1.47. The van der Waals surface area contributed by atoms with E-state index in [1.165, 1.54) is 32.6 Å². The third-order valence-electron chi connectivity index (χ3n) is 13.8. The van der Waals surface area contributed by atoms with E-state index in [4.69, 9.17) is 4.74 Å². The molecule has 0 unspecified atom stereocenters. The molecule has 36 heavy (non-hydrogen) atoms. The van der Waals surface area contributed by atoms with Gasteiger partial charge >= 0.3 is 11.9 Å². The van der Waals surface area contributed by atoms with Crippen LogP contribution in [0.1, 0.15) is 113 Å². The quantitative estimate of drug-likeness (QED) is 0.313. The topological polar surface area (TPSA) is 63.6 Å². The summed E-state index contributed by atoms with van der Waals surface area (Å²) < 4.78 is 5.69. The van der Waals surface area contributed by atoms with Crippen molar-refractivity contribution in [1.82, 2.24) is 0 Å². The summed E-state index contributed by atoms with van der Waals surface area (Å²) in [6, 6.07) is 0. The molecule has 1 N–H and O–H groups in total. The van der Waals surface area contributed by atoms with Crippen LogP contribution >= 0.6 is 0 Å². The number of carbonyl (C=O) groups is 2. The van der Waals surface area contributed by atoms with Crippen molar-refractivity contribution in [3.63, 3.8) is 0 Å². The van der Waals surface area contributed by atoms with Crippen LogP contribution in [0.5, 0.6) is 0 Å². The van der Waals surface area contributed by atoms with Crippen molar-refractivity contribution in [2.24, 2.45) is 56.7 Å². The van der Waals surface area contributed by atoms with E-state index >= 15 is 0 Å². The number of carbonyl (C=O) groups excluding carboxylic acids is 1. The molecule has 0 saturated heterocycles. The second-order valence-corrected chi connectivity index (χ2v) is 15.0. The van der Waals surface area contributed by atoms with Crippen LogP contribution in [0.3, 0.4) is 0 Å². The SMILES string of the molecule is CC(=O)O[C@H]1CC[C@@]2(C)[C@@H](CC[C@@]3(C)[C@H]2CC=C2[C@@H]4[C@H](C)[C@H](C)CC[C@]4(C)CC[C@]23C)[C@]1(C)C(=O)O. The lowest BCUT2D eigenvalue weighted by molar-refractivity contribution is -0.223. The van der Waals surface area contributed by atoms with Gasteiger partial charge in [0.05, 0.1) is 0 Å². The number of fused-ring (bicyclic) bond motifs is 7. The minimum Gasteiger partial charge on any atom is -0.481 e. The van der Waals surface area contributed by atoms with Gasteiger partial charge in [-0.25, -0.2) is 0 Å². The molecule has 4 saturated carbocycles. The van der Waals surface area contributed by atoms with Crippen LogP contribution < -0.4 is 0 Å². The Morgan fingerprint density at radius 2 is 1.61 bits per heavy atom. The first-order valence-electron chi connectivity index (χ1n) is 14.8. The highest BCUT2D eigenvalue weighted by atomic mass is 16.5. The summed E-state index contributed by atoms with van der Waals surface area (Å²) in [4.78, 5) is 24.8. The van der Waals surface area contributed by atoms with Crippen molar-refractivity contribution in [3.8, 4) is 0 Å². The summed E-state index contributed by atoms with van der Waals surface area (Å²) >= 11 is 0. The summed E-state index contributed by atoms with van der Waals surface area (Å²) in [6.45, 7) is 18.4. The van der Waals surface area contributed by atoms with Gasteiger partial charge < -0.3 is 9.84 Å². The Balaban J connectivity index is 1.57. The zero-order chi connectivity index (χ0) is 26.5. The third-order valence-corrected chi connectivity index (χ3v) is 13.8. The van der Waals surface area contributed by atoms with Crippen LogP contribution in [0.2, 0.25) is 0 Å². The first-order valence-corrected chi connectivity index (χ1v) is 14.8. The van der Waals surface area contributed by atoms with Crippen LogP contribution in [0.4, 0.5) is 0 Å². The smallest absolute Gasteiger partial charge is 0.313 e. The van der Waals surface area contributed by atoms with Gasteiger partial charge in [0.2, 0.25) is 0 Å². The average Bonchev–Trinajstić information content (AvgIpc) is 2.79. The Hall–Kier alpha value is -1.32. The first kappa shape index (κ1) is 26.3. The number of carboxylic acids is 1. The molecule has 0 aromatic heterocycles. The standard InChI is InChI=1S/C32H50O4/c1-19-11-14-28(4)17-18-30(6)22(26(28)20(19)2)9-10-23-29(5)15-13-25(36-21(3)33)32(8,27(34)35)24(29)12-16-31(23,30)7/h9,19-20,23-26H,10-18H2,1-8H3,(H,34,35)/t19-,20-,23+,24-,25+,26+,28-,29-,30-,31+,32+/m1/s1. The first-order chi connectivity index (χ1) is 16.6. The maximum atomic E-state index is 12.9. The van der Waals surface area contributed by atoms with Gasteiger partial charge in [-0.15, -0.1) is 0 Å². The molecule has 5 rings (SSSR count). The Labute approximate surface area is 219 Å². The fraction of sp³-hybridized carbons (Fsp3) is 0.875. The molecule has 4 nitrogen and oxygen atoms in total. The van der Waals surface area contributed by atoms with Crippen molar-refractivity contribution in [3.05, 3.63) is 11.6 Å². The Kier molecular flexibility index (Phi) is 5.91. The molecule has 0 radical (unpaired) electrons. The molecule has 0 aromatic carbocycles. The van der Waals surface area contributed by atoms with Gasteiger partial charge in [-0.3, -0.25) is 9.59 Å². The highest BCUT2D eigenvalue weighted by molar-refractivity contribution is 5.77. The lowest BCUT2D eigenvalue weighted by Gasteiger charge is -2.71. The molecule has 202 valence electrons. The van der Waals surface area contributed by atoms with Gasteiger partial charge in [0, 0.05) is 6.92 Å². The summed E-state index contributed by atoms with van der Waals surface area (Å²) in [7, 11) is 0. The number of hydrogen-bond donors (Lipinski definition) is 1. The molecule has 5 aliphatic carbocycles. The van der Waals surface area contributed by atoms with Crippen LogP contribution in [-0.2, 0) is 14.3 Å². The normalized spacial score (nSPS) is 54.2. The Morgan fingerprint density at radius 3 is 2.25 bits per heavy atom. The molecule has 0 bridgehead atoms. The van der Waals surface area contributed by atoms with E-state index in [1.54, 1.807) is 5.57 Å². The zero-order valence-corrected chi connectivity index (χ0v) is 24.1. The van der Waals surface area contributed by atoms with Crippen LogP contribution in [0, 0.1) is 56.7 Å². The van der Waals surface area contributed by atoms with E-state index in [-0.39, 0.29) is 28.1 Å². The van der Waals surface area contributed by atoms with E-state index in [0.29, 0.717) is 23.7 Å². The predicted octanol–water partition coefficient (Wildman–Crippen LogP) is 7.66. The molecule has 4 heteroatoms. The molecule has 4 fully saturated rings. The minimum absolute atomic E-state index is 0.0136. The number of rotatable bonds is 2. The number of carboxylic acid groups (broad SMARTS) is 1. The van der Waals surface area contributed by atoms with Gasteiger partial charge in [0.15, 0.2) is 0 Å². The fourth-order valence-corrected chi connectivity index (χ4v) is 11.2. The van der Waals surface area contributed by atoms with Crippen LogP contribution in [0.15, 0.2) is 11.6 Å². The molecular weight excluding hydrogens is 448 g/mol. The summed E-state index contributed by atoms with van der Waals surface area (Å²) in [6.07, 6.45) is 12.0. The van der Waals surface area contributed by atoms with Crippen molar-refractivity contribution >= 4 is 11.9 Å². The maximum Gasteiger partial charge on any atom is 0.313 e. The lowest BCUT2D eigenvalue weighted by atomic mass is 9.33. The van der Waals surface area contributed by atoms with Gasteiger partial charge in [-0.1, -0.05) is 53.2 Å². The molecule has 0 aromatic rings. The number of hydrogen-bond acceptors (Lipinski definition) is 3. The van der Waals surface area contributed by atoms with Crippen LogP contribution in [-0.4, -0.2) is 23.1 Å². The van der Waals surface area contributed by atoms with Crippen LogP contribution in [0.25, 0.3) is 0 Å². The maximum absolute atomic E-state index is 12.9. The van der Waals surface area contributed by atoms with Crippen molar-refractivity contribution in [2.75, 3.05) is 0 Å². The number of allylic oxidation sites excluding steroid dienone is 2. The van der Waals surface area contributed by atoms with Gasteiger partial charge in [-0.05, 0) is 116 Å². The molecule has 0 heterocycles. The number of aliphatic carboxylic acids is 1. The summed E-state index contributed by atoms with van der Waals surface area (Å²) in [5.41, 5.74) is 1.40. The van der Waals surface area contributed by atoms with Crippen molar-refractivity contribution < 1.29 is 19.4 Å². The van der Waals surface area contributed by atoms with E-state index in [2.05, 4.69) is 47.6 Å². The monoisotopic (exact) mass is 498 g/mol. The molecule has 11 atom stereocenters.